The molecule has 8 atom stereocenters. The van der Waals surface area contributed by atoms with Crippen LogP contribution in [-0.4, -0.2) is 64.4 Å². The predicted octanol–water partition coefficient (Wildman–Crippen LogP) is 4.14. The van der Waals surface area contributed by atoms with Gasteiger partial charge in [-0.25, -0.2) is 14.4 Å². The third kappa shape index (κ3) is 4.44. The Kier molecular flexibility index (Phi) is 6.91. The predicted molar refractivity (Wildman–Crippen MR) is 153 cm³/mol. The number of rotatable bonds is 5. The van der Waals surface area contributed by atoms with Crippen LogP contribution in [0.15, 0.2) is 84.5 Å². The van der Waals surface area contributed by atoms with Crippen LogP contribution in [0.25, 0.3) is 0 Å². The summed E-state index contributed by atoms with van der Waals surface area (Å²) in [5, 5.41) is 24.6. The topological polar surface area (TPSA) is 129 Å². The lowest BCUT2D eigenvalue weighted by Crippen LogP contribution is -2.78. The number of ether oxygens (including phenoxy) is 4. The fourth-order valence-corrected chi connectivity index (χ4v) is 7.93. The number of aliphatic hydroxyl groups is 2. The van der Waals surface area contributed by atoms with E-state index in [1.165, 1.54) is 6.08 Å². The zero-order valence-electron chi connectivity index (χ0n) is 24.4. The first-order chi connectivity index (χ1) is 20.3. The fraction of sp³-hybridized carbons (Fsp3) is 0.441. The lowest BCUT2D eigenvalue weighted by atomic mass is 9.41. The standard InChI is InChI=1S/C34H36O9/c1-20-15-16-24-26-31(2,19-34(39,43-24)23-17-25(35)40-18-23)33(4,38)28(42-30(37)22-13-9-6-10-14-22)27(32(20,26)3)41-29(36)21-11-7-5-8-12-21/h5-14,17,24,26-28,38-39H,1,15-16,18-19H2,2-4H3/t24-,26-,27+,28+,31-,32+,33+,34+/m1/s1. The van der Waals surface area contributed by atoms with Crippen LogP contribution in [0.5, 0.6) is 0 Å². The molecule has 9 nitrogen and oxygen atoms in total. The number of hydrogen-bond acceptors (Lipinski definition) is 9. The average molecular weight is 589 g/mol. The van der Waals surface area contributed by atoms with Crippen molar-refractivity contribution in [3.8, 4) is 0 Å². The first kappa shape index (κ1) is 29.3. The van der Waals surface area contributed by atoms with E-state index in [9.17, 15) is 24.6 Å². The third-order valence-corrected chi connectivity index (χ3v) is 10.4. The molecule has 1 saturated heterocycles. The molecule has 0 aromatic heterocycles. The number of esters is 3. The molecular formula is C34H36O9. The van der Waals surface area contributed by atoms with E-state index in [1.807, 2.05) is 13.8 Å². The number of cyclic esters (lactones) is 1. The quantitative estimate of drug-likeness (QED) is 0.301. The van der Waals surface area contributed by atoms with Gasteiger partial charge in [-0.2, -0.15) is 0 Å². The molecule has 2 aromatic rings. The Labute approximate surface area is 250 Å². The van der Waals surface area contributed by atoms with Gasteiger partial charge in [-0.3, -0.25) is 0 Å². The normalized spacial score (nSPS) is 38.4. The summed E-state index contributed by atoms with van der Waals surface area (Å²) in [6.07, 6.45) is -1.11. The van der Waals surface area contributed by atoms with E-state index in [4.69, 9.17) is 18.9 Å². The van der Waals surface area contributed by atoms with Gasteiger partial charge in [-0.15, -0.1) is 0 Å². The highest BCUT2D eigenvalue weighted by Crippen LogP contribution is 2.69. The highest BCUT2D eigenvalue weighted by Gasteiger charge is 2.76. The molecule has 2 N–H and O–H groups in total. The van der Waals surface area contributed by atoms with Crippen LogP contribution in [-0.2, 0) is 23.7 Å². The molecule has 4 aliphatic rings. The van der Waals surface area contributed by atoms with E-state index in [1.54, 1.807) is 67.6 Å². The largest absolute Gasteiger partial charge is 0.458 e. The molecule has 6 rings (SSSR count). The maximum absolute atomic E-state index is 13.6. The van der Waals surface area contributed by atoms with Crippen molar-refractivity contribution in [2.45, 2.75) is 69.7 Å². The van der Waals surface area contributed by atoms with Gasteiger partial charge >= 0.3 is 17.9 Å². The van der Waals surface area contributed by atoms with E-state index in [-0.39, 0.29) is 24.2 Å². The van der Waals surface area contributed by atoms with Crippen LogP contribution in [0.3, 0.4) is 0 Å². The Morgan fingerprint density at radius 1 is 0.907 bits per heavy atom. The fourth-order valence-electron chi connectivity index (χ4n) is 7.93. The van der Waals surface area contributed by atoms with Gasteiger partial charge in [0, 0.05) is 34.8 Å². The van der Waals surface area contributed by atoms with Crippen LogP contribution in [0.4, 0.5) is 0 Å². The minimum atomic E-state index is -1.92. The summed E-state index contributed by atoms with van der Waals surface area (Å²) in [5.41, 5.74) is -2.50. The van der Waals surface area contributed by atoms with Gasteiger partial charge in [-0.1, -0.05) is 62.4 Å². The maximum Gasteiger partial charge on any atom is 0.338 e. The Morgan fingerprint density at radius 3 is 2.00 bits per heavy atom. The zero-order chi connectivity index (χ0) is 30.8. The lowest BCUT2D eigenvalue weighted by Gasteiger charge is -2.70. The van der Waals surface area contributed by atoms with Gasteiger partial charge < -0.3 is 29.2 Å². The van der Waals surface area contributed by atoms with Gasteiger partial charge in [0.2, 0.25) is 0 Å². The molecule has 2 saturated carbocycles. The highest BCUT2D eigenvalue weighted by molar-refractivity contribution is 5.90. The van der Waals surface area contributed by atoms with Gasteiger partial charge in [0.1, 0.15) is 12.2 Å². The molecule has 0 bridgehead atoms. The molecule has 226 valence electrons. The van der Waals surface area contributed by atoms with Gasteiger partial charge in [0.15, 0.2) is 18.0 Å². The molecule has 0 unspecified atom stereocenters. The van der Waals surface area contributed by atoms with Crippen molar-refractivity contribution < 1.29 is 43.5 Å². The van der Waals surface area contributed by atoms with Crippen molar-refractivity contribution in [3.63, 3.8) is 0 Å². The average Bonchev–Trinajstić information content (AvgIpc) is 3.43. The maximum atomic E-state index is 13.6. The molecule has 0 amide bonds. The number of hydrogen-bond donors (Lipinski definition) is 2. The highest BCUT2D eigenvalue weighted by atomic mass is 16.6. The van der Waals surface area contributed by atoms with Crippen molar-refractivity contribution in [1.82, 2.24) is 0 Å². The second-order valence-electron chi connectivity index (χ2n) is 12.7. The summed E-state index contributed by atoms with van der Waals surface area (Å²) in [6, 6.07) is 16.8. The van der Waals surface area contributed by atoms with Crippen LogP contribution in [0.2, 0.25) is 0 Å². The number of benzene rings is 2. The Bertz CT molecular complexity index is 1500. The van der Waals surface area contributed by atoms with Crippen LogP contribution < -0.4 is 0 Å². The summed E-state index contributed by atoms with van der Waals surface area (Å²) in [7, 11) is 0. The first-order valence-electron chi connectivity index (χ1n) is 14.5. The lowest BCUT2D eigenvalue weighted by molar-refractivity contribution is -0.363. The molecule has 3 fully saturated rings. The Morgan fingerprint density at radius 2 is 1.47 bits per heavy atom. The van der Waals surface area contributed by atoms with Gasteiger partial charge in [-0.05, 0) is 44.0 Å². The molecule has 2 heterocycles. The number of carbonyl (C=O) groups excluding carboxylic acids is 3. The summed E-state index contributed by atoms with van der Waals surface area (Å²) >= 11 is 0. The second kappa shape index (κ2) is 10.1. The molecule has 0 radical (unpaired) electrons. The van der Waals surface area contributed by atoms with Crippen molar-refractivity contribution in [1.29, 1.82) is 0 Å². The van der Waals surface area contributed by atoms with E-state index in [0.717, 1.165) is 5.57 Å². The van der Waals surface area contributed by atoms with Crippen molar-refractivity contribution >= 4 is 17.9 Å². The molecule has 9 heteroatoms. The van der Waals surface area contributed by atoms with Crippen molar-refractivity contribution in [3.05, 3.63) is 95.6 Å². The van der Waals surface area contributed by atoms with E-state index >= 15 is 0 Å². The van der Waals surface area contributed by atoms with Gasteiger partial charge in [0.05, 0.1) is 17.2 Å². The van der Waals surface area contributed by atoms with E-state index in [2.05, 4.69) is 6.58 Å². The Hall–Kier alpha value is -3.79. The van der Waals surface area contributed by atoms with E-state index in [0.29, 0.717) is 18.4 Å². The molecule has 2 aliphatic carbocycles. The van der Waals surface area contributed by atoms with Crippen molar-refractivity contribution in [2.24, 2.45) is 16.7 Å². The summed E-state index contributed by atoms with van der Waals surface area (Å²) < 4.78 is 23.9. The SMILES string of the molecule is C=C1CC[C@H]2O[C@](O)(C3=CC(=O)OC3)C[C@]3(C)[C@@H]2[C@@]1(C)[C@@H](OC(=O)c1ccccc1)[C@H](OC(=O)c1ccccc1)[C@]3(C)O. The monoisotopic (exact) mass is 588 g/mol. The van der Waals surface area contributed by atoms with E-state index < -0.39 is 64.4 Å². The number of carbonyl (C=O) groups is 3. The van der Waals surface area contributed by atoms with Crippen LogP contribution in [0, 0.1) is 16.7 Å². The molecule has 2 aromatic carbocycles. The molecule has 2 aliphatic heterocycles. The smallest absolute Gasteiger partial charge is 0.338 e. The second-order valence-corrected chi connectivity index (χ2v) is 12.7. The van der Waals surface area contributed by atoms with Crippen molar-refractivity contribution in [2.75, 3.05) is 6.61 Å². The third-order valence-electron chi connectivity index (χ3n) is 10.4. The van der Waals surface area contributed by atoms with Crippen LogP contribution in [0.1, 0.15) is 60.7 Å². The van der Waals surface area contributed by atoms with Crippen LogP contribution >= 0.6 is 0 Å². The Balaban J connectivity index is 1.49. The summed E-state index contributed by atoms with van der Waals surface area (Å²) in [6.45, 7) is 9.53. The van der Waals surface area contributed by atoms with Gasteiger partial charge in [0.25, 0.3) is 0 Å². The minimum Gasteiger partial charge on any atom is -0.458 e. The zero-order valence-corrected chi connectivity index (χ0v) is 24.4. The molecular weight excluding hydrogens is 552 g/mol. The molecule has 0 spiro atoms. The summed E-state index contributed by atoms with van der Waals surface area (Å²) in [5.74, 6) is -4.36. The first-order valence-corrected chi connectivity index (χ1v) is 14.5. The molecule has 43 heavy (non-hydrogen) atoms. The minimum absolute atomic E-state index is 0.140. The summed E-state index contributed by atoms with van der Waals surface area (Å²) in [4.78, 5) is 39.1.